The van der Waals surface area contributed by atoms with Crippen LogP contribution in [0.3, 0.4) is 0 Å². The first-order chi connectivity index (χ1) is 7.74. The van der Waals surface area contributed by atoms with Crippen LogP contribution in [0.2, 0.25) is 0 Å². The van der Waals surface area contributed by atoms with Crippen molar-refractivity contribution in [3.63, 3.8) is 0 Å². The number of nitrogens with zero attached hydrogens (tertiary/aromatic N) is 2. The van der Waals surface area contributed by atoms with E-state index in [9.17, 15) is 0 Å². The molecule has 0 atom stereocenters. The van der Waals surface area contributed by atoms with E-state index >= 15 is 0 Å². The first-order valence-corrected chi connectivity index (χ1v) is 6.96. The monoisotopic (exact) mass is 227 g/mol. The molecule has 2 heterocycles. The fourth-order valence-corrected chi connectivity index (χ4v) is 2.84. The lowest BCUT2D eigenvalue weighted by Gasteiger charge is -2.45. The molecule has 16 heavy (non-hydrogen) atoms. The van der Waals surface area contributed by atoms with E-state index in [0.717, 1.165) is 13.1 Å². The number of hydrogen-bond acceptors (Lipinski definition) is 3. The summed E-state index contributed by atoms with van der Waals surface area (Å²) in [5, 5.41) is 1.98. The molecule has 0 radical (unpaired) electrons. The maximum atomic E-state index is 5.80. The first kappa shape index (κ1) is 13.9. The molecule has 0 aliphatic carbocycles. The zero-order valence-corrected chi connectivity index (χ0v) is 11.3. The highest BCUT2D eigenvalue weighted by atomic mass is 15.4. The van der Waals surface area contributed by atoms with Crippen LogP contribution in [-0.4, -0.2) is 42.6 Å². The van der Waals surface area contributed by atoms with Crippen LogP contribution in [0.4, 0.5) is 0 Å². The summed E-state index contributed by atoms with van der Waals surface area (Å²) in [6.45, 7) is 12.3. The molecule has 0 unspecified atom stereocenters. The SMILES string of the molecule is CC.CCN1CCC2(CCN(N)CC2)CC1. The minimum absolute atomic E-state index is 0.654. The summed E-state index contributed by atoms with van der Waals surface area (Å²) in [7, 11) is 0. The minimum Gasteiger partial charge on any atom is -0.304 e. The van der Waals surface area contributed by atoms with Crippen molar-refractivity contribution in [1.29, 1.82) is 0 Å². The highest BCUT2D eigenvalue weighted by Crippen LogP contribution is 2.40. The number of rotatable bonds is 1. The zero-order chi connectivity index (χ0) is 12.0. The van der Waals surface area contributed by atoms with Gasteiger partial charge in [-0.2, -0.15) is 0 Å². The van der Waals surface area contributed by atoms with E-state index in [1.54, 1.807) is 0 Å². The molecule has 0 aromatic heterocycles. The van der Waals surface area contributed by atoms with Crippen molar-refractivity contribution < 1.29 is 0 Å². The van der Waals surface area contributed by atoms with E-state index in [-0.39, 0.29) is 0 Å². The fourth-order valence-electron chi connectivity index (χ4n) is 2.84. The van der Waals surface area contributed by atoms with E-state index in [2.05, 4.69) is 11.8 Å². The van der Waals surface area contributed by atoms with Gasteiger partial charge in [-0.15, -0.1) is 0 Å². The van der Waals surface area contributed by atoms with Crippen molar-refractivity contribution in [2.45, 2.75) is 46.5 Å². The third-order valence-electron chi connectivity index (χ3n) is 4.22. The fraction of sp³-hybridized carbons (Fsp3) is 1.00. The van der Waals surface area contributed by atoms with Gasteiger partial charge < -0.3 is 4.90 Å². The molecule has 2 fully saturated rings. The van der Waals surface area contributed by atoms with Gasteiger partial charge in [0.1, 0.15) is 0 Å². The Kier molecular flexibility index (Phi) is 5.73. The average molecular weight is 227 g/mol. The molecule has 2 N–H and O–H groups in total. The molecule has 2 aliphatic heterocycles. The summed E-state index contributed by atoms with van der Waals surface area (Å²) in [5.74, 6) is 5.80. The van der Waals surface area contributed by atoms with Gasteiger partial charge in [-0.05, 0) is 50.7 Å². The Labute approximate surface area is 101 Å². The topological polar surface area (TPSA) is 32.5 Å². The normalized spacial score (nSPS) is 26.2. The van der Waals surface area contributed by atoms with Gasteiger partial charge in [0.15, 0.2) is 0 Å². The maximum Gasteiger partial charge on any atom is 0.0133 e. The van der Waals surface area contributed by atoms with E-state index in [1.165, 1.54) is 45.3 Å². The zero-order valence-electron chi connectivity index (χ0n) is 11.3. The van der Waals surface area contributed by atoms with Crippen LogP contribution in [-0.2, 0) is 0 Å². The Morgan fingerprint density at radius 1 is 0.938 bits per heavy atom. The molecule has 0 saturated carbocycles. The van der Waals surface area contributed by atoms with Gasteiger partial charge >= 0.3 is 0 Å². The molecular formula is C13H29N3. The van der Waals surface area contributed by atoms with E-state index in [1.807, 2.05) is 18.9 Å². The van der Waals surface area contributed by atoms with Gasteiger partial charge in [-0.25, -0.2) is 5.01 Å². The molecule has 96 valence electrons. The maximum absolute atomic E-state index is 5.80. The van der Waals surface area contributed by atoms with Crippen molar-refractivity contribution in [2.24, 2.45) is 11.3 Å². The molecule has 0 aromatic rings. The molecule has 1 spiro atoms. The molecule has 0 bridgehead atoms. The number of likely N-dealkylation sites (tertiary alicyclic amines) is 1. The van der Waals surface area contributed by atoms with Crippen LogP contribution in [0.1, 0.15) is 46.5 Å². The van der Waals surface area contributed by atoms with Gasteiger partial charge in [-0.1, -0.05) is 20.8 Å². The van der Waals surface area contributed by atoms with Crippen LogP contribution in [0, 0.1) is 5.41 Å². The summed E-state index contributed by atoms with van der Waals surface area (Å²) in [5.41, 5.74) is 0.654. The predicted octanol–water partition coefficient (Wildman–Crippen LogP) is 2.08. The third kappa shape index (κ3) is 3.44. The van der Waals surface area contributed by atoms with Gasteiger partial charge in [0.05, 0.1) is 0 Å². The Morgan fingerprint density at radius 3 is 1.81 bits per heavy atom. The van der Waals surface area contributed by atoms with Gasteiger partial charge in [0, 0.05) is 13.1 Å². The highest BCUT2D eigenvalue weighted by Gasteiger charge is 2.36. The van der Waals surface area contributed by atoms with Crippen molar-refractivity contribution in [2.75, 3.05) is 32.7 Å². The summed E-state index contributed by atoms with van der Waals surface area (Å²) in [6, 6.07) is 0. The second-order valence-corrected chi connectivity index (χ2v) is 4.97. The van der Waals surface area contributed by atoms with Crippen molar-refractivity contribution >= 4 is 0 Å². The molecule has 3 heteroatoms. The minimum atomic E-state index is 0.654. The summed E-state index contributed by atoms with van der Waals surface area (Å²) >= 11 is 0. The smallest absolute Gasteiger partial charge is 0.0133 e. The quantitative estimate of drug-likeness (QED) is 0.696. The number of hydrogen-bond donors (Lipinski definition) is 1. The summed E-state index contributed by atoms with van der Waals surface area (Å²) in [4.78, 5) is 2.57. The average Bonchev–Trinajstić information content (AvgIpc) is 2.37. The molecule has 2 aliphatic rings. The Hall–Kier alpha value is -0.120. The molecule has 3 nitrogen and oxygen atoms in total. The second kappa shape index (κ2) is 6.58. The van der Waals surface area contributed by atoms with Crippen LogP contribution in [0.5, 0.6) is 0 Å². The third-order valence-corrected chi connectivity index (χ3v) is 4.22. The van der Waals surface area contributed by atoms with Gasteiger partial charge in [0.2, 0.25) is 0 Å². The number of piperidine rings is 2. The van der Waals surface area contributed by atoms with Crippen molar-refractivity contribution in [3.05, 3.63) is 0 Å². The standard InChI is InChI=1S/C11H23N3.C2H6/c1-2-13-7-3-11(4-8-13)5-9-14(12)10-6-11;1-2/h2-10,12H2,1H3;1-2H3. The van der Waals surface area contributed by atoms with E-state index < -0.39 is 0 Å². The van der Waals surface area contributed by atoms with Gasteiger partial charge in [0.25, 0.3) is 0 Å². The summed E-state index contributed by atoms with van der Waals surface area (Å²) < 4.78 is 0. The predicted molar refractivity (Wildman–Crippen MR) is 70.1 cm³/mol. The molecule has 0 aromatic carbocycles. The lowest BCUT2D eigenvalue weighted by atomic mass is 9.71. The molecule has 2 saturated heterocycles. The molecular weight excluding hydrogens is 198 g/mol. The first-order valence-electron chi connectivity index (χ1n) is 6.96. The van der Waals surface area contributed by atoms with Crippen molar-refractivity contribution in [1.82, 2.24) is 9.91 Å². The number of nitrogens with two attached hydrogens (primary N) is 1. The Balaban J connectivity index is 0.000000606. The number of hydrazine groups is 1. The van der Waals surface area contributed by atoms with E-state index in [0.29, 0.717) is 5.41 Å². The van der Waals surface area contributed by atoms with Gasteiger partial charge in [-0.3, -0.25) is 5.84 Å². The molecule has 0 amide bonds. The van der Waals surface area contributed by atoms with Crippen molar-refractivity contribution in [3.8, 4) is 0 Å². The lowest BCUT2D eigenvalue weighted by molar-refractivity contribution is 0.0365. The highest BCUT2D eigenvalue weighted by molar-refractivity contribution is 4.89. The Morgan fingerprint density at radius 2 is 1.38 bits per heavy atom. The van der Waals surface area contributed by atoms with Crippen LogP contribution >= 0.6 is 0 Å². The van der Waals surface area contributed by atoms with E-state index in [4.69, 9.17) is 5.84 Å². The lowest BCUT2D eigenvalue weighted by Crippen LogP contribution is -2.48. The largest absolute Gasteiger partial charge is 0.304 e. The molecule has 2 rings (SSSR count). The van der Waals surface area contributed by atoms with Crippen LogP contribution < -0.4 is 5.84 Å². The summed E-state index contributed by atoms with van der Waals surface area (Å²) in [6.07, 6.45) is 5.44. The Bertz CT molecular complexity index is 176. The second-order valence-electron chi connectivity index (χ2n) is 4.97. The van der Waals surface area contributed by atoms with Crippen LogP contribution in [0.25, 0.3) is 0 Å². The van der Waals surface area contributed by atoms with Crippen LogP contribution in [0.15, 0.2) is 0 Å².